The zero-order chi connectivity index (χ0) is 18.8. The molecule has 0 N–H and O–H groups in total. The first kappa shape index (κ1) is 20.4. The second-order valence-corrected chi connectivity index (χ2v) is 6.55. The van der Waals surface area contributed by atoms with Gasteiger partial charge in [0.1, 0.15) is 11.1 Å². The number of ether oxygens (including phenoxy) is 2. The van der Waals surface area contributed by atoms with Gasteiger partial charge in [0.05, 0.1) is 6.61 Å². The lowest BCUT2D eigenvalue weighted by atomic mass is 10.1. The minimum atomic E-state index is -0.643. The van der Waals surface area contributed by atoms with Crippen molar-refractivity contribution in [2.45, 2.75) is 58.3 Å². The molecule has 0 saturated heterocycles. The van der Waals surface area contributed by atoms with Gasteiger partial charge in [-0.15, -0.1) is 0 Å². The van der Waals surface area contributed by atoms with Crippen LogP contribution in [-0.2, 0) is 11.2 Å². The van der Waals surface area contributed by atoms with Crippen molar-refractivity contribution in [3.8, 4) is 5.75 Å². The van der Waals surface area contributed by atoms with Crippen LogP contribution in [0.4, 0.5) is 4.39 Å². The molecule has 0 aliphatic carbocycles. The van der Waals surface area contributed by atoms with Gasteiger partial charge in [0.25, 0.3) is 0 Å². The maximum atomic E-state index is 14.6. The normalized spacial score (nSPS) is 11.2. The van der Waals surface area contributed by atoms with Crippen LogP contribution < -0.4 is 10.4 Å². The minimum Gasteiger partial charge on any atom is -0.490 e. The minimum absolute atomic E-state index is 0.0332. The molecule has 4 nitrogen and oxygen atoms in total. The summed E-state index contributed by atoms with van der Waals surface area (Å²) >= 11 is 0. The van der Waals surface area contributed by atoms with E-state index in [-0.39, 0.29) is 11.1 Å². The molecular formula is C21H29FO4. The first-order valence-corrected chi connectivity index (χ1v) is 9.54. The Bertz CT molecular complexity index is 739. The number of aryl methyl sites for hydroxylation is 1. The first-order chi connectivity index (χ1) is 12.7. The van der Waals surface area contributed by atoms with Crippen LogP contribution in [0.1, 0.15) is 57.6 Å². The molecule has 1 heterocycles. The first-order valence-electron chi connectivity index (χ1n) is 9.54. The summed E-state index contributed by atoms with van der Waals surface area (Å²) in [5.41, 5.74) is -0.643. The summed E-state index contributed by atoms with van der Waals surface area (Å²) < 4.78 is 30.5. The Morgan fingerprint density at radius 3 is 2.58 bits per heavy atom. The van der Waals surface area contributed by atoms with E-state index in [1.54, 1.807) is 25.3 Å². The molecule has 0 saturated carbocycles. The Morgan fingerprint density at radius 1 is 1.04 bits per heavy atom. The number of methoxy groups -OCH3 is 1. The molecule has 0 unspecified atom stereocenters. The molecule has 26 heavy (non-hydrogen) atoms. The molecule has 0 fully saturated rings. The van der Waals surface area contributed by atoms with Gasteiger partial charge in [-0.1, -0.05) is 38.7 Å². The molecule has 0 bridgehead atoms. The quantitative estimate of drug-likeness (QED) is 0.483. The van der Waals surface area contributed by atoms with E-state index in [2.05, 4.69) is 6.92 Å². The van der Waals surface area contributed by atoms with Crippen LogP contribution in [0.25, 0.3) is 10.8 Å². The zero-order valence-electron chi connectivity index (χ0n) is 15.8. The predicted octanol–water partition coefficient (Wildman–Crippen LogP) is 5.25. The van der Waals surface area contributed by atoms with E-state index in [0.717, 1.165) is 32.1 Å². The van der Waals surface area contributed by atoms with Gasteiger partial charge in [-0.3, -0.25) is 0 Å². The van der Waals surface area contributed by atoms with E-state index in [0.29, 0.717) is 30.8 Å². The predicted molar refractivity (Wildman–Crippen MR) is 102 cm³/mol. The Balaban J connectivity index is 2.03. The number of fused-ring (bicyclic) bond motifs is 1. The molecule has 2 aromatic rings. The van der Waals surface area contributed by atoms with Gasteiger partial charge in [0.2, 0.25) is 0 Å². The summed E-state index contributed by atoms with van der Waals surface area (Å²) in [4.78, 5) is 12.2. The van der Waals surface area contributed by atoms with Gasteiger partial charge in [-0.05, 0) is 36.8 Å². The van der Waals surface area contributed by atoms with E-state index in [9.17, 15) is 9.18 Å². The van der Waals surface area contributed by atoms with Crippen molar-refractivity contribution in [3.63, 3.8) is 0 Å². The number of halogens is 1. The van der Waals surface area contributed by atoms with Crippen LogP contribution in [0.15, 0.2) is 27.4 Å². The van der Waals surface area contributed by atoms with Crippen LogP contribution in [0.2, 0.25) is 0 Å². The maximum Gasteiger partial charge on any atom is 0.346 e. The van der Waals surface area contributed by atoms with Crippen molar-refractivity contribution in [1.29, 1.82) is 0 Å². The lowest BCUT2D eigenvalue weighted by Crippen LogP contribution is -2.07. The topological polar surface area (TPSA) is 48.7 Å². The van der Waals surface area contributed by atoms with Gasteiger partial charge in [-0.2, -0.15) is 0 Å². The van der Waals surface area contributed by atoms with Gasteiger partial charge in [0.15, 0.2) is 11.6 Å². The monoisotopic (exact) mass is 364 g/mol. The SMILES string of the molecule is CCCCCCCOc1ccc2cc(CCCCOC)oc(=O)c2c1F. The lowest BCUT2D eigenvalue weighted by Gasteiger charge is -2.09. The molecular weight excluding hydrogens is 335 g/mol. The zero-order valence-corrected chi connectivity index (χ0v) is 15.8. The van der Waals surface area contributed by atoms with Crippen molar-refractivity contribution >= 4 is 10.8 Å². The summed E-state index contributed by atoms with van der Waals surface area (Å²) in [6.07, 6.45) is 7.87. The second kappa shape index (κ2) is 11.0. The van der Waals surface area contributed by atoms with Gasteiger partial charge < -0.3 is 13.9 Å². The average Bonchev–Trinajstić information content (AvgIpc) is 2.63. The highest BCUT2D eigenvalue weighted by Gasteiger charge is 2.14. The number of hydrogen-bond acceptors (Lipinski definition) is 4. The van der Waals surface area contributed by atoms with Gasteiger partial charge in [0, 0.05) is 20.1 Å². The van der Waals surface area contributed by atoms with Crippen LogP contribution in [0.5, 0.6) is 5.75 Å². The summed E-state index contributed by atoms with van der Waals surface area (Å²) in [5, 5.41) is 0.518. The molecule has 0 aliphatic rings. The van der Waals surface area contributed by atoms with Crippen molar-refractivity contribution < 1.29 is 18.3 Å². The highest BCUT2D eigenvalue weighted by Crippen LogP contribution is 2.25. The van der Waals surface area contributed by atoms with Crippen LogP contribution in [0.3, 0.4) is 0 Å². The van der Waals surface area contributed by atoms with E-state index in [4.69, 9.17) is 13.9 Å². The lowest BCUT2D eigenvalue weighted by molar-refractivity contribution is 0.192. The molecule has 0 radical (unpaired) electrons. The van der Waals surface area contributed by atoms with Gasteiger partial charge in [-0.25, -0.2) is 9.18 Å². The standard InChI is InChI=1S/C21H29FO4/c1-3-4-5-6-8-14-25-18-12-11-16-15-17(10-7-9-13-24-2)26-21(23)19(16)20(18)22/h11-12,15H,3-10,13-14H2,1-2H3. The number of benzene rings is 1. The van der Waals surface area contributed by atoms with E-state index < -0.39 is 11.4 Å². The fourth-order valence-electron chi connectivity index (χ4n) is 2.94. The molecule has 0 amide bonds. The van der Waals surface area contributed by atoms with Crippen molar-refractivity contribution in [3.05, 3.63) is 40.2 Å². The fraction of sp³-hybridized carbons (Fsp3) is 0.571. The van der Waals surface area contributed by atoms with Crippen molar-refractivity contribution in [2.75, 3.05) is 20.3 Å². The molecule has 144 valence electrons. The second-order valence-electron chi connectivity index (χ2n) is 6.55. The third kappa shape index (κ3) is 5.84. The molecule has 5 heteroatoms. The molecule has 1 aromatic carbocycles. The van der Waals surface area contributed by atoms with E-state index >= 15 is 0 Å². The highest BCUT2D eigenvalue weighted by molar-refractivity contribution is 5.83. The molecule has 0 aliphatic heterocycles. The molecule has 0 atom stereocenters. The van der Waals surface area contributed by atoms with Gasteiger partial charge >= 0.3 is 5.63 Å². The smallest absolute Gasteiger partial charge is 0.346 e. The number of unbranched alkanes of at least 4 members (excludes halogenated alkanes) is 5. The Morgan fingerprint density at radius 2 is 1.81 bits per heavy atom. The third-order valence-electron chi connectivity index (χ3n) is 4.41. The number of rotatable bonds is 12. The largest absolute Gasteiger partial charge is 0.490 e. The summed E-state index contributed by atoms with van der Waals surface area (Å²) in [7, 11) is 1.66. The third-order valence-corrected chi connectivity index (χ3v) is 4.41. The molecule has 1 aromatic heterocycles. The Hall–Kier alpha value is -1.88. The van der Waals surface area contributed by atoms with Crippen molar-refractivity contribution in [2.24, 2.45) is 0 Å². The summed E-state index contributed by atoms with van der Waals surface area (Å²) in [6, 6.07) is 5.05. The van der Waals surface area contributed by atoms with Crippen LogP contribution in [-0.4, -0.2) is 20.3 Å². The average molecular weight is 364 g/mol. The Kier molecular flexibility index (Phi) is 8.62. The summed E-state index contributed by atoms with van der Waals surface area (Å²) in [6.45, 7) is 3.29. The van der Waals surface area contributed by atoms with Crippen LogP contribution >= 0.6 is 0 Å². The van der Waals surface area contributed by atoms with E-state index in [1.807, 2.05) is 0 Å². The van der Waals surface area contributed by atoms with Crippen molar-refractivity contribution in [1.82, 2.24) is 0 Å². The highest BCUT2D eigenvalue weighted by atomic mass is 19.1. The number of hydrogen-bond donors (Lipinski definition) is 0. The Labute approximate surface area is 154 Å². The van der Waals surface area contributed by atoms with E-state index in [1.165, 1.54) is 12.8 Å². The maximum absolute atomic E-state index is 14.6. The van der Waals surface area contributed by atoms with Crippen LogP contribution in [0, 0.1) is 5.82 Å². The summed E-state index contributed by atoms with van der Waals surface area (Å²) in [5.74, 6) is 0.0615. The fourth-order valence-corrected chi connectivity index (χ4v) is 2.94. The molecule has 2 rings (SSSR count). The molecule has 0 spiro atoms.